The van der Waals surface area contributed by atoms with Crippen LogP contribution < -0.4 is 15.4 Å². The number of nitrogens with zero attached hydrogens (tertiary/aromatic N) is 2. The van der Waals surface area contributed by atoms with Crippen molar-refractivity contribution >= 4 is 6.03 Å². The van der Waals surface area contributed by atoms with Crippen molar-refractivity contribution in [2.75, 3.05) is 13.2 Å². The summed E-state index contributed by atoms with van der Waals surface area (Å²) in [5, 5.41) is 12.9. The second-order valence-corrected chi connectivity index (χ2v) is 7.19. The van der Waals surface area contributed by atoms with Crippen LogP contribution in [-0.4, -0.2) is 58.8 Å². The third kappa shape index (κ3) is 3.67. The average molecular weight is 387 g/mol. The van der Waals surface area contributed by atoms with E-state index in [0.717, 1.165) is 28.4 Å². The van der Waals surface area contributed by atoms with E-state index in [-0.39, 0.29) is 30.4 Å². The van der Waals surface area contributed by atoms with Crippen molar-refractivity contribution in [1.82, 2.24) is 25.8 Å². The van der Waals surface area contributed by atoms with E-state index in [1.165, 1.54) is 0 Å². The molecule has 0 spiro atoms. The molecule has 2 aliphatic heterocycles. The maximum absolute atomic E-state index is 12.3. The van der Waals surface area contributed by atoms with E-state index in [4.69, 9.17) is 14.2 Å². The Morgan fingerprint density at radius 3 is 2.82 bits per heavy atom. The summed E-state index contributed by atoms with van der Waals surface area (Å²) in [4.78, 5) is 16.6. The third-order valence-electron chi connectivity index (χ3n) is 5.27. The van der Waals surface area contributed by atoms with Gasteiger partial charge in [0.2, 0.25) is 0 Å². The number of H-pyrrole nitrogens is 1. The lowest BCUT2D eigenvalue weighted by atomic mass is 10.1. The van der Waals surface area contributed by atoms with Gasteiger partial charge in [-0.3, -0.25) is 10.1 Å². The molecule has 2 aliphatic rings. The highest BCUT2D eigenvalue weighted by molar-refractivity contribution is 5.74. The van der Waals surface area contributed by atoms with E-state index in [1.54, 1.807) is 6.20 Å². The van der Waals surface area contributed by atoms with Crippen molar-refractivity contribution in [3.05, 3.63) is 41.0 Å². The number of hydrogen-bond acceptors (Lipinski definition) is 6. The molecule has 3 N–H and O–H groups in total. The molecule has 0 aromatic carbocycles. The first kappa shape index (κ1) is 18.7. The molecule has 150 valence electrons. The highest BCUT2D eigenvalue weighted by Gasteiger charge is 2.49. The second kappa shape index (κ2) is 7.76. The molecule has 9 nitrogen and oxygen atoms in total. The number of ether oxygens (including phenoxy) is 3. The molecule has 0 aliphatic carbocycles. The Bertz CT molecular complexity index is 835. The number of carbonyl (C=O) groups is 1. The van der Waals surface area contributed by atoms with E-state index in [2.05, 4.69) is 25.8 Å². The van der Waals surface area contributed by atoms with Gasteiger partial charge in [0.15, 0.2) is 6.10 Å². The highest BCUT2D eigenvalue weighted by atomic mass is 16.6. The lowest BCUT2D eigenvalue weighted by Crippen LogP contribution is -2.48. The van der Waals surface area contributed by atoms with Gasteiger partial charge in [-0.05, 0) is 32.9 Å². The predicted octanol–water partition coefficient (Wildman–Crippen LogP) is 1.14. The molecule has 2 aromatic heterocycles. The fourth-order valence-electron chi connectivity index (χ4n) is 3.67. The van der Waals surface area contributed by atoms with Gasteiger partial charge in [-0.15, -0.1) is 0 Å². The zero-order chi connectivity index (χ0) is 19.7. The Balaban J connectivity index is 1.31. The molecule has 28 heavy (non-hydrogen) atoms. The van der Waals surface area contributed by atoms with Gasteiger partial charge in [0, 0.05) is 24.0 Å². The molecular formula is C19H25N5O4. The number of fused-ring (bicyclic) bond motifs is 1. The zero-order valence-corrected chi connectivity index (χ0v) is 16.2. The second-order valence-electron chi connectivity index (χ2n) is 7.19. The van der Waals surface area contributed by atoms with Crippen molar-refractivity contribution in [3.63, 3.8) is 0 Å². The van der Waals surface area contributed by atoms with Crippen LogP contribution in [0.25, 0.3) is 0 Å². The molecule has 9 heteroatoms. The van der Waals surface area contributed by atoms with E-state index in [1.807, 2.05) is 32.9 Å². The lowest BCUT2D eigenvalue weighted by Gasteiger charge is -2.19. The van der Waals surface area contributed by atoms with Gasteiger partial charge in [0.1, 0.15) is 18.0 Å². The minimum atomic E-state index is -0.259. The number of amides is 2. The van der Waals surface area contributed by atoms with Gasteiger partial charge in [0.05, 0.1) is 30.6 Å². The molecule has 4 rings (SSSR count). The number of hydrogen-bond donors (Lipinski definition) is 3. The molecular weight excluding hydrogens is 362 g/mol. The van der Waals surface area contributed by atoms with Crippen LogP contribution in [0.1, 0.15) is 22.6 Å². The maximum atomic E-state index is 12.3. The molecule has 2 amide bonds. The largest absolute Gasteiger partial charge is 0.483 e. The topological polar surface area (TPSA) is 110 Å². The number of aromatic amines is 1. The van der Waals surface area contributed by atoms with Crippen molar-refractivity contribution in [2.24, 2.45) is 0 Å². The highest BCUT2D eigenvalue weighted by Crippen LogP contribution is 2.30. The first-order valence-corrected chi connectivity index (χ1v) is 9.39. The van der Waals surface area contributed by atoms with Gasteiger partial charge >= 0.3 is 6.03 Å². The Morgan fingerprint density at radius 2 is 2.07 bits per heavy atom. The zero-order valence-electron chi connectivity index (χ0n) is 16.2. The van der Waals surface area contributed by atoms with Crippen LogP contribution >= 0.6 is 0 Å². The minimum Gasteiger partial charge on any atom is -0.483 e. The van der Waals surface area contributed by atoms with E-state index < -0.39 is 0 Å². The number of urea groups is 1. The predicted molar refractivity (Wildman–Crippen MR) is 100 cm³/mol. The minimum absolute atomic E-state index is 0.219. The van der Waals surface area contributed by atoms with E-state index in [9.17, 15) is 4.79 Å². The molecule has 0 radical (unpaired) electrons. The van der Waals surface area contributed by atoms with Crippen LogP contribution in [0, 0.1) is 20.8 Å². The van der Waals surface area contributed by atoms with Gasteiger partial charge in [0.25, 0.3) is 0 Å². The molecule has 4 atom stereocenters. The summed E-state index contributed by atoms with van der Waals surface area (Å²) in [5.41, 5.74) is 3.65. The summed E-state index contributed by atoms with van der Waals surface area (Å²) < 4.78 is 17.8. The number of pyridine rings is 1. The van der Waals surface area contributed by atoms with Gasteiger partial charge in [-0.25, -0.2) is 4.79 Å². The Kier molecular flexibility index (Phi) is 5.19. The molecule has 0 saturated carbocycles. The normalized spacial score (nSPS) is 26.1. The number of nitrogens with one attached hydrogen (secondary N) is 3. The molecule has 2 aromatic rings. The summed E-state index contributed by atoms with van der Waals surface area (Å²) in [6.07, 6.45) is 1.06. The SMILES string of the molecule is Cc1ncccc1O[C@H]1CO[C@H]2[C@@H]1OC[C@@H]2NC(=O)NCc1c(C)n[nH]c1C. The van der Waals surface area contributed by atoms with Gasteiger partial charge < -0.3 is 24.8 Å². The van der Waals surface area contributed by atoms with Crippen LogP contribution in [-0.2, 0) is 16.0 Å². The fourth-order valence-corrected chi connectivity index (χ4v) is 3.67. The Morgan fingerprint density at radius 1 is 1.25 bits per heavy atom. The van der Waals surface area contributed by atoms with Crippen LogP contribution in [0.3, 0.4) is 0 Å². The molecule has 2 saturated heterocycles. The number of carbonyl (C=O) groups excluding carboxylic acids is 1. The fraction of sp³-hybridized carbons (Fsp3) is 0.526. The summed E-state index contributed by atoms with van der Waals surface area (Å²) in [6.45, 7) is 6.95. The Hall–Kier alpha value is -2.65. The van der Waals surface area contributed by atoms with Gasteiger partial charge in [-0.1, -0.05) is 0 Å². The standard InChI is InChI=1S/C19H25N5O4/c1-10-13(11(2)24-23-10)7-21-19(25)22-14-8-26-18-16(9-27-17(14)18)28-15-5-4-6-20-12(15)3/h4-6,14,16-18H,7-9H2,1-3H3,(H,23,24)(H2,21,22,25)/t14-,16-,17+,18+/m0/s1. The quantitative estimate of drug-likeness (QED) is 0.710. The summed E-state index contributed by atoms with van der Waals surface area (Å²) >= 11 is 0. The van der Waals surface area contributed by atoms with Crippen molar-refractivity contribution in [1.29, 1.82) is 0 Å². The summed E-state index contributed by atoms with van der Waals surface area (Å²) in [7, 11) is 0. The number of rotatable bonds is 5. The average Bonchev–Trinajstić information content (AvgIpc) is 3.34. The molecule has 4 heterocycles. The molecule has 0 unspecified atom stereocenters. The first-order valence-electron chi connectivity index (χ1n) is 9.39. The Labute approximate surface area is 163 Å². The smallest absolute Gasteiger partial charge is 0.315 e. The first-order chi connectivity index (χ1) is 13.5. The van der Waals surface area contributed by atoms with Crippen molar-refractivity contribution in [3.8, 4) is 5.75 Å². The van der Waals surface area contributed by atoms with E-state index in [0.29, 0.717) is 19.8 Å². The third-order valence-corrected chi connectivity index (χ3v) is 5.27. The van der Waals surface area contributed by atoms with Crippen LogP contribution in [0.4, 0.5) is 4.79 Å². The van der Waals surface area contributed by atoms with Crippen molar-refractivity contribution < 1.29 is 19.0 Å². The monoisotopic (exact) mass is 387 g/mol. The number of aromatic nitrogens is 3. The lowest BCUT2D eigenvalue weighted by molar-refractivity contribution is 0.0299. The van der Waals surface area contributed by atoms with Crippen LogP contribution in [0.5, 0.6) is 5.75 Å². The summed E-state index contributed by atoms with van der Waals surface area (Å²) in [6, 6.07) is 3.24. The van der Waals surface area contributed by atoms with E-state index >= 15 is 0 Å². The molecule has 2 fully saturated rings. The van der Waals surface area contributed by atoms with Crippen LogP contribution in [0.2, 0.25) is 0 Å². The molecule has 0 bridgehead atoms. The van der Waals surface area contributed by atoms with Gasteiger partial charge in [-0.2, -0.15) is 5.10 Å². The summed E-state index contributed by atoms with van der Waals surface area (Å²) in [5.74, 6) is 0.723. The van der Waals surface area contributed by atoms with Crippen molar-refractivity contribution in [2.45, 2.75) is 51.7 Å². The van der Waals surface area contributed by atoms with Crippen LogP contribution in [0.15, 0.2) is 18.3 Å². The number of aryl methyl sites for hydroxylation is 3. The maximum Gasteiger partial charge on any atom is 0.315 e.